The quantitative estimate of drug-likeness (QED) is 0.292. The van der Waals surface area contributed by atoms with Crippen molar-refractivity contribution in [3.8, 4) is 5.75 Å². The lowest BCUT2D eigenvalue weighted by Crippen LogP contribution is -2.12. The Hall–Kier alpha value is -0.330. The van der Waals surface area contributed by atoms with E-state index in [0.29, 0.717) is 11.3 Å². The molecule has 98 valence electrons. The average Bonchev–Trinajstić information content (AvgIpc) is 2.33. The normalized spacial score (nSPS) is 10.0. The predicted octanol–water partition coefficient (Wildman–Crippen LogP) is 4.47. The van der Waals surface area contributed by atoms with Gasteiger partial charge in [-0.3, -0.25) is 0 Å². The minimum Gasteiger partial charge on any atom is -0.489 e. The number of benzene rings is 1. The van der Waals surface area contributed by atoms with E-state index in [-0.39, 0.29) is 13.2 Å². The van der Waals surface area contributed by atoms with Crippen molar-refractivity contribution in [3.63, 3.8) is 0 Å². The summed E-state index contributed by atoms with van der Waals surface area (Å²) >= 11 is 10.2. The molecule has 0 fully saturated rings. The summed E-state index contributed by atoms with van der Waals surface area (Å²) in [5, 5.41) is 0. The van der Waals surface area contributed by atoms with Gasteiger partial charge in [0.25, 0.3) is 0 Å². The molecule has 0 N–H and O–H groups in total. The van der Waals surface area contributed by atoms with Crippen molar-refractivity contribution in [2.45, 2.75) is 6.92 Å². The second kappa shape index (κ2) is 7.31. The van der Waals surface area contributed by atoms with E-state index in [0.717, 1.165) is 13.4 Å². The van der Waals surface area contributed by atoms with Gasteiger partial charge in [0.05, 0.1) is 4.47 Å². The molecule has 0 amide bonds. The van der Waals surface area contributed by atoms with Crippen LogP contribution in [0.2, 0.25) is 0 Å². The maximum Gasteiger partial charge on any atom is 0.333 e. The molecule has 0 aliphatic heterocycles. The molecular weight excluding hydrogens is 432 g/mol. The summed E-state index contributed by atoms with van der Waals surface area (Å²) in [5.74, 6) is 0.270. The molecule has 0 aromatic heterocycles. The van der Waals surface area contributed by atoms with E-state index in [2.05, 4.69) is 54.4 Å². The maximum absolute atomic E-state index is 11.1. The molecule has 0 unspecified atom stereocenters. The van der Waals surface area contributed by atoms with Crippen molar-refractivity contribution < 1.29 is 14.3 Å². The first-order chi connectivity index (χ1) is 8.43. The lowest BCUT2D eigenvalue weighted by atomic mass is 10.3. The number of esters is 1. The summed E-state index contributed by atoms with van der Waals surface area (Å²) in [7, 11) is 0. The van der Waals surface area contributed by atoms with Crippen LogP contribution in [0.15, 0.2) is 37.7 Å². The van der Waals surface area contributed by atoms with E-state index in [1.54, 1.807) is 6.92 Å². The number of hydrogen-bond acceptors (Lipinski definition) is 3. The average molecular weight is 443 g/mol. The molecule has 0 bridgehead atoms. The molecule has 0 saturated carbocycles. The minimum atomic E-state index is -0.408. The van der Waals surface area contributed by atoms with Crippen molar-refractivity contribution in [3.05, 3.63) is 37.7 Å². The van der Waals surface area contributed by atoms with Crippen LogP contribution in [0.5, 0.6) is 5.75 Å². The molecule has 0 saturated heterocycles. The van der Waals surface area contributed by atoms with Crippen LogP contribution in [-0.2, 0) is 9.53 Å². The third-order valence-corrected chi connectivity index (χ3v) is 5.26. The van der Waals surface area contributed by atoms with Crippen LogP contribution in [0, 0.1) is 0 Å². The van der Waals surface area contributed by atoms with Gasteiger partial charge in [0, 0.05) is 14.5 Å². The van der Waals surface area contributed by atoms with Crippen LogP contribution in [0.25, 0.3) is 0 Å². The fraction of sp³-hybridized carbons (Fsp3) is 0.250. The standard InChI is InChI=1S/C12H11Br3O3/c1-7(2)12(16)18-6-5-17-9-4-3-8(13)10(14)11(9)15/h3-4H,1,5-6H2,2H3. The molecule has 6 heteroatoms. The van der Waals surface area contributed by atoms with Gasteiger partial charge in [-0.25, -0.2) is 4.79 Å². The lowest BCUT2D eigenvalue weighted by Gasteiger charge is -2.10. The number of ether oxygens (including phenoxy) is 2. The number of rotatable bonds is 5. The van der Waals surface area contributed by atoms with Gasteiger partial charge in [-0.15, -0.1) is 0 Å². The highest BCUT2D eigenvalue weighted by Crippen LogP contribution is 2.37. The lowest BCUT2D eigenvalue weighted by molar-refractivity contribution is -0.139. The number of carbonyl (C=O) groups excluding carboxylic acids is 1. The summed E-state index contributed by atoms with van der Waals surface area (Å²) in [5.41, 5.74) is 0.377. The SMILES string of the molecule is C=C(C)C(=O)OCCOc1ccc(Br)c(Br)c1Br. The van der Waals surface area contributed by atoms with E-state index in [9.17, 15) is 4.79 Å². The molecule has 0 aliphatic rings. The monoisotopic (exact) mass is 440 g/mol. The molecule has 0 heterocycles. The van der Waals surface area contributed by atoms with Crippen LogP contribution in [-0.4, -0.2) is 19.2 Å². The van der Waals surface area contributed by atoms with E-state index in [4.69, 9.17) is 9.47 Å². The van der Waals surface area contributed by atoms with Crippen LogP contribution < -0.4 is 4.74 Å². The van der Waals surface area contributed by atoms with Crippen LogP contribution in [0.4, 0.5) is 0 Å². The Morgan fingerprint density at radius 2 is 1.89 bits per heavy atom. The molecule has 1 aromatic rings. The summed E-state index contributed by atoms with van der Waals surface area (Å²) in [4.78, 5) is 11.1. The first-order valence-electron chi connectivity index (χ1n) is 5.02. The van der Waals surface area contributed by atoms with Gasteiger partial charge in [0.2, 0.25) is 0 Å². The zero-order valence-corrected chi connectivity index (χ0v) is 14.4. The van der Waals surface area contributed by atoms with Crippen molar-refractivity contribution in [1.29, 1.82) is 0 Å². The highest BCUT2D eigenvalue weighted by molar-refractivity contribution is 9.14. The third-order valence-electron chi connectivity index (χ3n) is 1.92. The predicted molar refractivity (Wildman–Crippen MR) is 80.8 cm³/mol. The molecule has 1 rings (SSSR count). The van der Waals surface area contributed by atoms with Gasteiger partial charge in [0.1, 0.15) is 19.0 Å². The van der Waals surface area contributed by atoms with Gasteiger partial charge < -0.3 is 9.47 Å². The number of halogens is 3. The maximum atomic E-state index is 11.1. The van der Waals surface area contributed by atoms with Gasteiger partial charge in [-0.2, -0.15) is 0 Å². The zero-order valence-electron chi connectivity index (χ0n) is 9.63. The van der Waals surface area contributed by atoms with Crippen molar-refractivity contribution in [1.82, 2.24) is 0 Å². The highest BCUT2D eigenvalue weighted by atomic mass is 79.9. The largest absolute Gasteiger partial charge is 0.489 e. The Balaban J connectivity index is 2.48. The topological polar surface area (TPSA) is 35.5 Å². The third kappa shape index (κ3) is 4.40. The smallest absolute Gasteiger partial charge is 0.333 e. The van der Waals surface area contributed by atoms with Crippen LogP contribution >= 0.6 is 47.8 Å². The fourth-order valence-electron chi connectivity index (χ4n) is 1.03. The zero-order chi connectivity index (χ0) is 13.7. The second-order valence-corrected chi connectivity index (χ2v) is 5.88. The van der Waals surface area contributed by atoms with E-state index < -0.39 is 5.97 Å². The van der Waals surface area contributed by atoms with Crippen LogP contribution in [0.1, 0.15) is 6.92 Å². The molecule has 3 nitrogen and oxygen atoms in total. The van der Waals surface area contributed by atoms with Crippen LogP contribution in [0.3, 0.4) is 0 Å². The summed E-state index contributed by atoms with van der Waals surface area (Å²) < 4.78 is 13.0. The van der Waals surface area contributed by atoms with Gasteiger partial charge in [-0.1, -0.05) is 6.58 Å². The molecule has 1 aromatic carbocycles. The van der Waals surface area contributed by atoms with Crippen molar-refractivity contribution >= 4 is 53.8 Å². The number of hydrogen-bond donors (Lipinski definition) is 0. The van der Waals surface area contributed by atoms with E-state index in [1.165, 1.54) is 0 Å². The Morgan fingerprint density at radius 1 is 1.22 bits per heavy atom. The molecule has 0 spiro atoms. The van der Waals surface area contributed by atoms with Gasteiger partial charge in [0.15, 0.2) is 0 Å². The molecular formula is C12H11Br3O3. The van der Waals surface area contributed by atoms with Gasteiger partial charge in [-0.05, 0) is 66.8 Å². The molecule has 0 atom stereocenters. The number of carbonyl (C=O) groups is 1. The Kier molecular flexibility index (Phi) is 6.38. The van der Waals surface area contributed by atoms with E-state index in [1.807, 2.05) is 12.1 Å². The summed E-state index contributed by atoms with van der Waals surface area (Å²) in [6.45, 7) is 5.57. The Labute approximate surface area is 131 Å². The second-order valence-electron chi connectivity index (χ2n) is 3.44. The van der Waals surface area contributed by atoms with Gasteiger partial charge >= 0.3 is 5.97 Å². The molecule has 18 heavy (non-hydrogen) atoms. The van der Waals surface area contributed by atoms with E-state index >= 15 is 0 Å². The minimum absolute atomic E-state index is 0.186. The summed E-state index contributed by atoms with van der Waals surface area (Å²) in [6, 6.07) is 3.68. The Morgan fingerprint density at radius 3 is 2.50 bits per heavy atom. The first-order valence-corrected chi connectivity index (χ1v) is 7.40. The van der Waals surface area contributed by atoms with Crippen molar-refractivity contribution in [2.24, 2.45) is 0 Å². The molecule has 0 radical (unpaired) electrons. The Bertz CT molecular complexity index is 472. The van der Waals surface area contributed by atoms with Crippen molar-refractivity contribution in [2.75, 3.05) is 13.2 Å². The fourth-order valence-corrected chi connectivity index (χ4v) is 2.41. The molecule has 0 aliphatic carbocycles. The highest BCUT2D eigenvalue weighted by Gasteiger charge is 2.09. The first kappa shape index (κ1) is 15.7. The summed E-state index contributed by atoms with van der Waals surface area (Å²) in [6.07, 6.45) is 0.